The Morgan fingerprint density at radius 2 is 1.92 bits per heavy atom. The van der Waals surface area contributed by atoms with Gasteiger partial charge < -0.3 is 5.11 Å². The maximum atomic E-state index is 12.2. The number of fused-ring (bicyclic) bond motifs is 3. The van der Waals surface area contributed by atoms with Gasteiger partial charge in [-0.2, -0.15) is 0 Å². The Balaban J connectivity index is 1.84. The van der Waals surface area contributed by atoms with Crippen LogP contribution in [0.2, 0.25) is 0 Å². The van der Waals surface area contributed by atoms with Crippen molar-refractivity contribution in [2.45, 2.75) is 50.4 Å². The molecule has 124 valence electrons. The van der Waals surface area contributed by atoms with Crippen molar-refractivity contribution in [2.75, 3.05) is 0 Å². The van der Waals surface area contributed by atoms with Gasteiger partial charge in [-0.3, -0.25) is 4.79 Å². The van der Waals surface area contributed by atoms with Crippen LogP contribution in [0, 0.1) is 5.92 Å². The van der Waals surface area contributed by atoms with Crippen molar-refractivity contribution in [3.63, 3.8) is 0 Å². The molecule has 2 aliphatic rings. The zero-order chi connectivity index (χ0) is 16.6. The van der Waals surface area contributed by atoms with Gasteiger partial charge >= 0.3 is 0 Å². The normalized spacial score (nSPS) is 26.3. The first-order chi connectivity index (χ1) is 11.7. The van der Waals surface area contributed by atoms with Crippen molar-refractivity contribution < 1.29 is 9.90 Å². The minimum atomic E-state index is 0.0365. The molecule has 1 N–H and O–H groups in total. The predicted octanol–water partition coefficient (Wildman–Crippen LogP) is 4.58. The van der Waals surface area contributed by atoms with E-state index in [0.29, 0.717) is 30.3 Å². The highest BCUT2D eigenvalue weighted by molar-refractivity contribution is 5.80. The van der Waals surface area contributed by atoms with Crippen LogP contribution < -0.4 is 0 Å². The molecule has 2 aromatic carbocycles. The van der Waals surface area contributed by atoms with Crippen molar-refractivity contribution in [1.82, 2.24) is 0 Å². The number of benzene rings is 2. The van der Waals surface area contributed by atoms with Crippen molar-refractivity contribution in [2.24, 2.45) is 5.92 Å². The molecule has 0 bridgehead atoms. The van der Waals surface area contributed by atoms with Crippen molar-refractivity contribution in [3.8, 4) is 5.75 Å². The van der Waals surface area contributed by atoms with Gasteiger partial charge in [0.1, 0.15) is 11.5 Å². The largest absolute Gasteiger partial charge is 0.508 e. The fourth-order valence-electron chi connectivity index (χ4n) is 4.97. The fourth-order valence-corrected chi connectivity index (χ4v) is 4.97. The molecule has 2 heteroatoms. The quantitative estimate of drug-likeness (QED) is 0.879. The van der Waals surface area contributed by atoms with Gasteiger partial charge in [-0.25, -0.2) is 0 Å². The summed E-state index contributed by atoms with van der Waals surface area (Å²) in [6, 6.07) is 16.6. The molecule has 1 saturated carbocycles. The zero-order valence-corrected chi connectivity index (χ0v) is 14.0. The number of Topliss-reactive ketones (excluding diaryl/α,β-unsaturated/α-hetero) is 1. The summed E-state index contributed by atoms with van der Waals surface area (Å²) in [5.74, 6) is 1.20. The Morgan fingerprint density at radius 3 is 2.75 bits per heavy atom. The lowest BCUT2D eigenvalue weighted by atomic mass is 9.59. The minimum Gasteiger partial charge on any atom is -0.508 e. The van der Waals surface area contributed by atoms with E-state index in [-0.39, 0.29) is 5.41 Å². The summed E-state index contributed by atoms with van der Waals surface area (Å²) in [7, 11) is 0. The third-order valence-electron chi connectivity index (χ3n) is 6.09. The maximum absolute atomic E-state index is 12.2. The first kappa shape index (κ1) is 15.4. The molecule has 0 aromatic heterocycles. The average Bonchev–Trinajstić information content (AvgIpc) is 2.72. The van der Waals surface area contributed by atoms with Gasteiger partial charge in [0.05, 0.1) is 0 Å². The van der Waals surface area contributed by atoms with Crippen molar-refractivity contribution >= 4 is 5.78 Å². The smallest absolute Gasteiger partial charge is 0.133 e. The molecule has 0 saturated heterocycles. The Labute approximate surface area is 143 Å². The van der Waals surface area contributed by atoms with E-state index in [9.17, 15) is 9.90 Å². The number of phenolic OH excluding ortho intramolecular Hbond substituents is 1. The summed E-state index contributed by atoms with van der Waals surface area (Å²) in [5, 5.41) is 9.94. The highest BCUT2D eigenvalue weighted by Gasteiger charge is 2.46. The number of phenols is 1. The number of carbonyl (C=O) groups excluding carboxylic acids is 1. The molecule has 1 fully saturated rings. The second kappa shape index (κ2) is 6.08. The van der Waals surface area contributed by atoms with Gasteiger partial charge in [-0.15, -0.1) is 0 Å². The number of carbonyl (C=O) groups is 1. The van der Waals surface area contributed by atoms with Gasteiger partial charge in [0, 0.05) is 18.3 Å². The minimum absolute atomic E-state index is 0.0365. The molecule has 2 aliphatic carbocycles. The van der Waals surface area contributed by atoms with Crippen LogP contribution in [0.4, 0.5) is 0 Å². The molecular weight excluding hydrogens is 296 g/mol. The summed E-state index contributed by atoms with van der Waals surface area (Å²) < 4.78 is 0. The predicted molar refractivity (Wildman–Crippen MR) is 95.2 cm³/mol. The molecule has 24 heavy (non-hydrogen) atoms. The molecular formula is C22H24O2. The van der Waals surface area contributed by atoms with Crippen LogP contribution in [-0.4, -0.2) is 10.9 Å². The van der Waals surface area contributed by atoms with Gasteiger partial charge in [0.2, 0.25) is 0 Å². The average molecular weight is 320 g/mol. The zero-order valence-electron chi connectivity index (χ0n) is 14.0. The molecule has 2 aromatic rings. The standard InChI is InChI=1S/C22H24O2/c23-19-9-10-21-17(13-19)7-4-8-18-14-20(24)11-12-22(18,21)15-16-5-2-1-3-6-16/h1-3,5-6,9-10,13,18,23H,4,7-8,11-12,14-15H2/t18-,22+/m0/s1. The number of hydrogen-bond acceptors (Lipinski definition) is 2. The lowest BCUT2D eigenvalue weighted by Crippen LogP contribution is -2.42. The maximum Gasteiger partial charge on any atom is 0.133 e. The van der Waals surface area contributed by atoms with E-state index in [0.717, 1.165) is 32.1 Å². The lowest BCUT2D eigenvalue weighted by molar-refractivity contribution is -0.123. The van der Waals surface area contributed by atoms with E-state index < -0.39 is 0 Å². The van der Waals surface area contributed by atoms with Crippen LogP contribution in [0.5, 0.6) is 5.75 Å². The van der Waals surface area contributed by atoms with Gasteiger partial charge in [0.25, 0.3) is 0 Å². The lowest BCUT2D eigenvalue weighted by Gasteiger charge is -2.44. The topological polar surface area (TPSA) is 37.3 Å². The summed E-state index contributed by atoms with van der Waals surface area (Å²) in [4.78, 5) is 12.2. The second-order valence-electron chi connectivity index (χ2n) is 7.49. The molecule has 2 nitrogen and oxygen atoms in total. The third kappa shape index (κ3) is 2.64. The van der Waals surface area contributed by atoms with Gasteiger partial charge in [-0.1, -0.05) is 36.4 Å². The summed E-state index contributed by atoms with van der Waals surface area (Å²) in [6.45, 7) is 0. The summed E-state index contributed by atoms with van der Waals surface area (Å²) >= 11 is 0. The molecule has 0 unspecified atom stereocenters. The van der Waals surface area contributed by atoms with E-state index in [1.165, 1.54) is 16.7 Å². The van der Waals surface area contributed by atoms with Crippen LogP contribution in [0.1, 0.15) is 48.8 Å². The number of aromatic hydroxyl groups is 1. The molecule has 0 heterocycles. The monoisotopic (exact) mass is 320 g/mol. The van der Waals surface area contributed by atoms with E-state index in [1.807, 2.05) is 12.1 Å². The Kier molecular flexibility index (Phi) is 3.91. The van der Waals surface area contributed by atoms with E-state index in [1.54, 1.807) is 0 Å². The van der Waals surface area contributed by atoms with Crippen molar-refractivity contribution in [3.05, 3.63) is 65.2 Å². The third-order valence-corrected chi connectivity index (χ3v) is 6.09. The number of ketones is 1. The molecule has 4 rings (SSSR count). The Hall–Kier alpha value is -2.09. The summed E-state index contributed by atoms with van der Waals surface area (Å²) in [6.07, 6.45) is 6.54. The van der Waals surface area contributed by atoms with E-state index in [2.05, 4.69) is 36.4 Å². The fraction of sp³-hybridized carbons (Fsp3) is 0.409. The molecule has 0 spiro atoms. The van der Waals surface area contributed by atoms with Gasteiger partial charge in [-0.05, 0) is 66.8 Å². The number of hydrogen-bond donors (Lipinski definition) is 1. The molecule has 0 radical (unpaired) electrons. The Bertz CT molecular complexity index is 750. The van der Waals surface area contributed by atoms with E-state index >= 15 is 0 Å². The van der Waals surface area contributed by atoms with Gasteiger partial charge in [0.15, 0.2) is 0 Å². The van der Waals surface area contributed by atoms with Crippen LogP contribution in [0.25, 0.3) is 0 Å². The highest BCUT2D eigenvalue weighted by Crippen LogP contribution is 2.50. The highest BCUT2D eigenvalue weighted by atomic mass is 16.3. The second-order valence-corrected chi connectivity index (χ2v) is 7.49. The SMILES string of the molecule is O=C1CC[C@]2(Cc3ccccc3)c3ccc(O)cc3CCC[C@H]2C1. The van der Waals surface area contributed by atoms with Crippen LogP contribution >= 0.6 is 0 Å². The first-order valence-electron chi connectivity index (χ1n) is 9.05. The van der Waals surface area contributed by atoms with Crippen LogP contribution in [0.3, 0.4) is 0 Å². The first-order valence-corrected chi connectivity index (χ1v) is 9.05. The van der Waals surface area contributed by atoms with Crippen LogP contribution in [-0.2, 0) is 23.1 Å². The molecule has 0 amide bonds. The van der Waals surface area contributed by atoms with Crippen molar-refractivity contribution in [1.29, 1.82) is 0 Å². The summed E-state index contributed by atoms with van der Waals surface area (Å²) in [5.41, 5.74) is 4.04. The molecule has 2 atom stereocenters. The van der Waals surface area contributed by atoms with Crippen LogP contribution in [0.15, 0.2) is 48.5 Å². The number of rotatable bonds is 2. The number of aryl methyl sites for hydroxylation is 1. The Morgan fingerprint density at radius 1 is 1.08 bits per heavy atom. The van der Waals surface area contributed by atoms with E-state index in [4.69, 9.17) is 0 Å². The molecule has 0 aliphatic heterocycles.